The van der Waals surface area contributed by atoms with Gasteiger partial charge in [0.25, 0.3) is 0 Å². The summed E-state index contributed by atoms with van der Waals surface area (Å²) in [7, 11) is 1.80. The molecule has 0 aliphatic carbocycles. The van der Waals surface area contributed by atoms with E-state index in [0.717, 1.165) is 37.7 Å². The number of aliphatic imine (C=N–C) groups is 1. The fraction of sp³-hybridized carbons (Fsp3) is 0.318. The molecule has 2 aromatic carbocycles. The van der Waals surface area contributed by atoms with Gasteiger partial charge in [-0.25, -0.2) is 9.67 Å². The van der Waals surface area contributed by atoms with Crippen LogP contribution in [0.5, 0.6) is 0 Å². The van der Waals surface area contributed by atoms with Crippen molar-refractivity contribution in [3.8, 4) is 5.69 Å². The highest BCUT2D eigenvalue weighted by Gasteiger charge is 2.04. The zero-order chi connectivity index (χ0) is 20.3. The SMILES string of the molecule is CCN(CCCNC(=NC)NCc1ccc(-n2cncn2)cc1)c1ccccc1. The van der Waals surface area contributed by atoms with Crippen molar-refractivity contribution >= 4 is 11.6 Å². The number of guanidine groups is 1. The Balaban J connectivity index is 1.40. The van der Waals surface area contributed by atoms with Gasteiger partial charge in [0.05, 0.1) is 5.69 Å². The summed E-state index contributed by atoms with van der Waals surface area (Å²) in [5, 5.41) is 10.9. The molecule has 0 fully saturated rings. The predicted octanol–water partition coefficient (Wildman–Crippen LogP) is 2.85. The molecule has 7 heteroatoms. The molecule has 0 aliphatic rings. The van der Waals surface area contributed by atoms with Crippen LogP contribution in [0.1, 0.15) is 18.9 Å². The van der Waals surface area contributed by atoms with E-state index in [0.29, 0.717) is 6.54 Å². The van der Waals surface area contributed by atoms with Crippen LogP contribution in [-0.4, -0.2) is 47.4 Å². The molecule has 3 rings (SSSR count). The normalized spacial score (nSPS) is 11.3. The Morgan fingerprint density at radius 1 is 1.07 bits per heavy atom. The van der Waals surface area contributed by atoms with E-state index in [1.54, 1.807) is 18.1 Å². The maximum absolute atomic E-state index is 4.31. The van der Waals surface area contributed by atoms with Gasteiger partial charge < -0.3 is 15.5 Å². The Bertz CT molecular complexity index is 858. The molecule has 0 aliphatic heterocycles. The Morgan fingerprint density at radius 2 is 1.86 bits per heavy atom. The Kier molecular flexibility index (Phi) is 7.63. The van der Waals surface area contributed by atoms with Crippen LogP contribution < -0.4 is 15.5 Å². The molecule has 3 aromatic rings. The maximum Gasteiger partial charge on any atom is 0.191 e. The van der Waals surface area contributed by atoms with Gasteiger partial charge in [-0.3, -0.25) is 4.99 Å². The molecular weight excluding hydrogens is 362 g/mol. The fourth-order valence-electron chi connectivity index (χ4n) is 3.10. The molecular formula is C22H29N7. The molecule has 7 nitrogen and oxygen atoms in total. The number of nitrogens with zero attached hydrogens (tertiary/aromatic N) is 5. The fourth-order valence-corrected chi connectivity index (χ4v) is 3.10. The van der Waals surface area contributed by atoms with E-state index in [4.69, 9.17) is 0 Å². The summed E-state index contributed by atoms with van der Waals surface area (Å²) < 4.78 is 1.74. The lowest BCUT2D eigenvalue weighted by Gasteiger charge is -2.23. The van der Waals surface area contributed by atoms with E-state index in [9.17, 15) is 0 Å². The van der Waals surface area contributed by atoms with Crippen LogP contribution in [0.3, 0.4) is 0 Å². The first-order valence-electron chi connectivity index (χ1n) is 9.98. The van der Waals surface area contributed by atoms with Crippen molar-refractivity contribution in [2.24, 2.45) is 4.99 Å². The monoisotopic (exact) mass is 391 g/mol. The van der Waals surface area contributed by atoms with Crippen molar-refractivity contribution in [1.29, 1.82) is 0 Å². The van der Waals surface area contributed by atoms with Crippen LogP contribution in [0.15, 0.2) is 72.2 Å². The summed E-state index contributed by atoms with van der Waals surface area (Å²) in [6.07, 6.45) is 4.26. The molecule has 0 bridgehead atoms. The van der Waals surface area contributed by atoms with Crippen LogP contribution in [-0.2, 0) is 6.54 Å². The van der Waals surface area contributed by atoms with Gasteiger partial charge in [0.15, 0.2) is 5.96 Å². The molecule has 2 N–H and O–H groups in total. The van der Waals surface area contributed by atoms with Crippen molar-refractivity contribution in [1.82, 2.24) is 25.4 Å². The molecule has 152 valence electrons. The average molecular weight is 392 g/mol. The van der Waals surface area contributed by atoms with E-state index in [1.807, 2.05) is 12.1 Å². The number of para-hydroxylation sites is 1. The predicted molar refractivity (Wildman–Crippen MR) is 119 cm³/mol. The Hall–Kier alpha value is -3.35. The van der Waals surface area contributed by atoms with Crippen molar-refractivity contribution in [3.63, 3.8) is 0 Å². The second-order valence-corrected chi connectivity index (χ2v) is 6.63. The summed E-state index contributed by atoms with van der Waals surface area (Å²) in [4.78, 5) is 10.7. The van der Waals surface area contributed by atoms with Gasteiger partial charge in [0, 0.05) is 38.9 Å². The number of nitrogens with one attached hydrogen (secondary N) is 2. The highest BCUT2D eigenvalue weighted by atomic mass is 15.3. The molecule has 0 atom stereocenters. The van der Waals surface area contributed by atoms with Gasteiger partial charge in [-0.2, -0.15) is 5.10 Å². The van der Waals surface area contributed by atoms with E-state index in [-0.39, 0.29) is 0 Å². The molecule has 0 radical (unpaired) electrons. The van der Waals surface area contributed by atoms with Crippen molar-refractivity contribution < 1.29 is 0 Å². The number of anilines is 1. The molecule has 29 heavy (non-hydrogen) atoms. The number of benzene rings is 2. The number of rotatable bonds is 9. The van der Waals surface area contributed by atoms with Gasteiger partial charge in [-0.15, -0.1) is 0 Å². The molecule has 1 heterocycles. The quantitative estimate of drug-likeness (QED) is 0.333. The number of hydrogen-bond donors (Lipinski definition) is 2. The first kappa shape index (κ1) is 20.4. The van der Waals surface area contributed by atoms with E-state index in [2.05, 4.69) is 80.0 Å². The minimum absolute atomic E-state index is 0.711. The van der Waals surface area contributed by atoms with Gasteiger partial charge >= 0.3 is 0 Å². The zero-order valence-electron chi connectivity index (χ0n) is 17.1. The Morgan fingerprint density at radius 3 is 2.52 bits per heavy atom. The summed E-state index contributed by atoms with van der Waals surface area (Å²) >= 11 is 0. The lowest BCUT2D eigenvalue weighted by atomic mass is 10.2. The van der Waals surface area contributed by atoms with Crippen LogP contribution in [0.4, 0.5) is 5.69 Å². The minimum Gasteiger partial charge on any atom is -0.372 e. The molecule has 0 spiro atoms. The smallest absolute Gasteiger partial charge is 0.191 e. The summed E-state index contributed by atoms with van der Waals surface area (Å²) in [6.45, 7) is 5.78. The third-order valence-corrected chi connectivity index (χ3v) is 4.70. The van der Waals surface area contributed by atoms with Crippen LogP contribution >= 0.6 is 0 Å². The van der Waals surface area contributed by atoms with Gasteiger partial charge in [-0.1, -0.05) is 30.3 Å². The van der Waals surface area contributed by atoms with Gasteiger partial charge in [-0.05, 0) is 43.2 Å². The third kappa shape index (κ3) is 6.07. The maximum atomic E-state index is 4.31. The lowest BCUT2D eigenvalue weighted by molar-refractivity contribution is 0.708. The first-order valence-corrected chi connectivity index (χ1v) is 9.98. The van der Waals surface area contributed by atoms with Crippen LogP contribution in [0.25, 0.3) is 5.69 Å². The standard InChI is InChI=1S/C22H29N7/c1-3-28(20-8-5-4-6-9-20)15-7-14-25-22(23-2)26-16-19-10-12-21(13-11-19)29-18-24-17-27-29/h4-6,8-13,17-18H,3,7,14-16H2,1-2H3,(H2,23,25,26). The highest BCUT2D eigenvalue weighted by Crippen LogP contribution is 2.12. The van der Waals surface area contributed by atoms with E-state index >= 15 is 0 Å². The molecule has 1 aromatic heterocycles. The van der Waals surface area contributed by atoms with Crippen LogP contribution in [0, 0.1) is 0 Å². The molecule has 0 amide bonds. The van der Waals surface area contributed by atoms with E-state index in [1.165, 1.54) is 17.6 Å². The zero-order valence-corrected chi connectivity index (χ0v) is 17.1. The second-order valence-electron chi connectivity index (χ2n) is 6.63. The average Bonchev–Trinajstić information content (AvgIpc) is 3.32. The van der Waals surface area contributed by atoms with E-state index < -0.39 is 0 Å². The van der Waals surface area contributed by atoms with Crippen molar-refractivity contribution in [2.45, 2.75) is 19.9 Å². The number of hydrogen-bond acceptors (Lipinski definition) is 4. The third-order valence-electron chi connectivity index (χ3n) is 4.70. The summed E-state index contributed by atoms with van der Waals surface area (Å²) in [5.41, 5.74) is 3.44. The van der Waals surface area contributed by atoms with Crippen LogP contribution in [0.2, 0.25) is 0 Å². The minimum atomic E-state index is 0.711. The molecule has 0 saturated carbocycles. The van der Waals surface area contributed by atoms with Crippen molar-refractivity contribution in [3.05, 3.63) is 72.8 Å². The topological polar surface area (TPSA) is 70.4 Å². The highest BCUT2D eigenvalue weighted by molar-refractivity contribution is 5.79. The lowest BCUT2D eigenvalue weighted by Crippen LogP contribution is -2.38. The van der Waals surface area contributed by atoms with Crippen molar-refractivity contribution in [2.75, 3.05) is 31.6 Å². The summed E-state index contributed by atoms with van der Waals surface area (Å²) in [6, 6.07) is 18.8. The molecule has 0 unspecified atom stereocenters. The van der Waals surface area contributed by atoms with Gasteiger partial charge in [0.1, 0.15) is 12.7 Å². The largest absolute Gasteiger partial charge is 0.372 e. The Labute approximate surface area is 172 Å². The second kappa shape index (κ2) is 10.8. The van der Waals surface area contributed by atoms with Gasteiger partial charge in [0.2, 0.25) is 0 Å². The number of aromatic nitrogens is 3. The molecule has 0 saturated heterocycles. The first-order chi connectivity index (χ1) is 14.3. The summed E-state index contributed by atoms with van der Waals surface area (Å²) in [5.74, 6) is 0.813.